The topological polar surface area (TPSA) is 29.1 Å². The number of hydrogen-bond acceptors (Lipinski definition) is 2. The van der Waals surface area contributed by atoms with Gasteiger partial charge in [-0.3, -0.25) is 4.79 Å². The monoisotopic (exact) mass is 333 g/mol. The Hall–Kier alpha value is -2.52. The summed E-state index contributed by atoms with van der Waals surface area (Å²) in [4.78, 5) is 13.6. The molecule has 0 radical (unpaired) electrons. The molecule has 3 rings (SSSR count). The molecule has 2 nitrogen and oxygen atoms in total. The van der Waals surface area contributed by atoms with Gasteiger partial charge < -0.3 is 5.32 Å². The van der Waals surface area contributed by atoms with E-state index in [0.717, 1.165) is 27.5 Å². The molecule has 1 amide bonds. The van der Waals surface area contributed by atoms with Crippen LogP contribution >= 0.6 is 11.8 Å². The van der Waals surface area contributed by atoms with Crippen molar-refractivity contribution in [3.05, 3.63) is 84.4 Å². The molecule has 0 spiro atoms. The third-order valence-corrected chi connectivity index (χ3v) is 4.64. The van der Waals surface area contributed by atoms with Crippen molar-refractivity contribution in [2.24, 2.45) is 0 Å². The summed E-state index contributed by atoms with van der Waals surface area (Å²) in [6.07, 6.45) is 0. The highest BCUT2D eigenvalue weighted by Gasteiger charge is 2.09. The maximum absolute atomic E-state index is 12.5. The lowest BCUT2D eigenvalue weighted by Gasteiger charge is -2.10. The van der Waals surface area contributed by atoms with Crippen molar-refractivity contribution in [1.82, 2.24) is 0 Å². The van der Waals surface area contributed by atoms with Crippen LogP contribution in [0, 0.1) is 0 Å². The highest BCUT2D eigenvalue weighted by molar-refractivity contribution is 7.99. The summed E-state index contributed by atoms with van der Waals surface area (Å²) in [6, 6.07) is 25.7. The fraction of sp³-hybridized carbons (Fsp3) is 0.0952. The van der Waals surface area contributed by atoms with E-state index in [-0.39, 0.29) is 5.91 Å². The zero-order valence-electron chi connectivity index (χ0n) is 13.5. The van der Waals surface area contributed by atoms with E-state index >= 15 is 0 Å². The van der Waals surface area contributed by atoms with E-state index in [1.807, 2.05) is 66.7 Å². The van der Waals surface area contributed by atoms with Crippen molar-refractivity contribution in [3.8, 4) is 11.1 Å². The van der Waals surface area contributed by atoms with Gasteiger partial charge in [-0.25, -0.2) is 0 Å². The van der Waals surface area contributed by atoms with Gasteiger partial charge >= 0.3 is 0 Å². The number of carbonyl (C=O) groups excluding carboxylic acids is 1. The van der Waals surface area contributed by atoms with E-state index in [9.17, 15) is 4.79 Å². The molecule has 0 aromatic heterocycles. The number of anilines is 1. The van der Waals surface area contributed by atoms with Crippen LogP contribution < -0.4 is 5.32 Å². The van der Waals surface area contributed by atoms with Crippen LogP contribution in [0.4, 0.5) is 5.69 Å². The number of para-hydroxylation sites is 1. The normalized spacial score (nSPS) is 10.4. The van der Waals surface area contributed by atoms with Crippen molar-refractivity contribution in [2.75, 3.05) is 11.1 Å². The molecule has 0 aliphatic rings. The molecule has 3 aromatic rings. The lowest BCUT2D eigenvalue weighted by Crippen LogP contribution is -2.12. The van der Waals surface area contributed by atoms with Gasteiger partial charge in [-0.05, 0) is 41.1 Å². The summed E-state index contributed by atoms with van der Waals surface area (Å²) in [7, 11) is 0. The third-order valence-electron chi connectivity index (χ3n) is 3.69. The van der Waals surface area contributed by atoms with Gasteiger partial charge in [-0.1, -0.05) is 61.5 Å². The molecule has 0 saturated carbocycles. The number of amides is 1. The summed E-state index contributed by atoms with van der Waals surface area (Å²) in [5.74, 6) is 0.886. The first-order valence-electron chi connectivity index (χ1n) is 7.96. The molecule has 24 heavy (non-hydrogen) atoms. The van der Waals surface area contributed by atoms with Crippen LogP contribution in [-0.4, -0.2) is 11.7 Å². The molecule has 0 heterocycles. The fourth-order valence-corrected chi connectivity index (χ4v) is 3.25. The average molecular weight is 333 g/mol. The first-order chi connectivity index (χ1) is 11.8. The van der Waals surface area contributed by atoms with E-state index in [1.165, 1.54) is 0 Å². The van der Waals surface area contributed by atoms with Crippen molar-refractivity contribution >= 4 is 23.4 Å². The quantitative estimate of drug-likeness (QED) is 0.605. The van der Waals surface area contributed by atoms with Crippen molar-refractivity contribution in [2.45, 2.75) is 11.8 Å². The number of carbonyl (C=O) groups is 1. The summed E-state index contributed by atoms with van der Waals surface area (Å²) < 4.78 is 0. The van der Waals surface area contributed by atoms with Gasteiger partial charge in [-0.2, -0.15) is 0 Å². The Labute approximate surface area is 146 Å². The van der Waals surface area contributed by atoms with Crippen molar-refractivity contribution in [3.63, 3.8) is 0 Å². The maximum Gasteiger partial charge on any atom is 0.255 e. The first kappa shape index (κ1) is 16.3. The number of thioether (sulfide) groups is 1. The van der Waals surface area contributed by atoms with Crippen LogP contribution in [0.25, 0.3) is 11.1 Å². The second-order valence-corrected chi connectivity index (χ2v) is 6.63. The lowest BCUT2D eigenvalue weighted by atomic mass is 10.0. The minimum Gasteiger partial charge on any atom is -0.321 e. The molecule has 0 atom stereocenters. The molecule has 1 N–H and O–H groups in total. The highest BCUT2D eigenvalue weighted by atomic mass is 32.2. The van der Waals surface area contributed by atoms with Crippen molar-refractivity contribution in [1.29, 1.82) is 0 Å². The Balaban J connectivity index is 1.76. The van der Waals surface area contributed by atoms with Gasteiger partial charge in [0.15, 0.2) is 0 Å². The molecule has 0 unspecified atom stereocenters. The third kappa shape index (κ3) is 3.87. The SMILES string of the molecule is CCSc1ccccc1NC(=O)c1ccc(-c2ccccc2)cc1. The molecule has 0 saturated heterocycles. The minimum atomic E-state index is -0.0845. The number of nitrogens with one attached hydrogen (secondary N) is 1. The Kier molecular flexibility index (Phi) is 5.34. The van der Waals surface area contributed by atoms with E-state index in [1.54, 1.807) is 11.8 Å². The van der Waals surface area contributed by atoms with Crippen LogP contribution in [0.1, 0.15) is 17.3 Å². The molecule has 0 aliphatic carbocycles. The smallest absolute Gasteiger partial charge is 0.255 e. The van der Waals surface area contributed by atoms with Crippen LogP contribution in [0.5, 0.6) is 0 Å². The van der Waals surface area contributed by atoms with Gasteiger partial charge in [0.2, 0.25) is 0 Å². The van der Waals surface area contributed by atoms with E-state index < -0.39 is 0 Å². The number of rotatable bonds is 5. The van der Waals surface area contributed by atoms with Crippen LogP contribution in [0.15, 0.2) is 83.8 Å². The van der Waals surface area contributed by atoms with Gasteiger partial charge in [0, 0.05) is 10.5 Å². The van der Waals surface area contributed by atoms with Gasteiger partial charge in [0.25, 0.3) is 5.91 Å². The highest BCUT2D eigenvalue weighted by Crippen LogP contribution is 2.27. The first-order valence-corrected chi connectivity index (χ1v) is 8.95. The van der Waals surface area contributed by atoms with E-state index in [4.69, 9.17) is 0 Å². The summed E-state index contributed by atoms with van der Waals surface area (Å²) in [5, 5.41) is 3.01. The number of hydrogen-bond donors (Lipinski definition) is 1. The van der Waals surface area contributed by atoms with Gasteiger partial charge in [0.1, 0.15) is 0 Å². The zero-order valence-corrected chi connectivity index (χ0v) is 14.3. The second-order valence-electron chi connectivity index (χ2n) is 5.33. The molecule has 120 valence electrons. The summed E-state index contributed by atoms with van der Waals surface area (Å²) in [6.45, 7) is 2.10. The van der Waals surface area contributed by atoms with Gasteiger partial charge in [-0.15, -0.1) is 11.8 Å². The molecular formula is C21H19NOS. The summed E-state index contributed by atoms with van der Waals surface area (Å²) >= 11 is 1.72. The largest absolute Gasteiger partial charge is 0.321 e. The van der Waals surface area contributed by atoms with E-state index in [2.05, 4.69) is 24.4 Å². The molecule has 3 heteroatoms. The predicted molar refractivity (Wildman–Crippen MR) is 103 cm³/mol. The Morgan fingerprint density at radius 2 is 1.46 bits per heavy atom. The number of benzene rings is 3. The minimum absolute atomic E-state index is 0.0845. The molecule has 0 aliphatic heterocycles. The Bertz CT molecular complexity index is 813. The van der Waals surface area contributed by atoms with Crippen LogP contribution in [-0.2, 0) is 0 Å². The molecule has 3 aromatic carbocycles. The maximum atomic E-state index is 12.5. The lowest BCUT2D eigenvalue weighted by molar-refractivity contribution is 0.102. The zero-order chi connectivity index (χ0) is 16.8. The Morgan fingerprint density at radius 1 is 0.833 bits per heavy atom. The second kappa shape index (κ2) is 7.84. The predicted octanol–water partition coefficient (Wildman–Crippen LogP) is 5.72. The van der Waals surface area contributed by atoms with Gasteiger partial charge in [0.05, 0.1) is 5.69 Å². The van der Waals surface area contributed by atoms with Crippen LogP contribution in [0.3, 0.4) is 0 Å². The van der Waals surface area contributed by atoms with Crippen molar-refractivity contribution < 1.29 is 4.79 Å². The summed E-state index contributed by atoms with van der Waals surface area (Å²) in [5.41, 5.74) is 3.77. The van der Waals surface area contributed by atoms with Crippen LogP contribution in [0.2, 0.25) is 0 Å². The molecular weight excluding hydrogens is 314 g/mol. The Morgan fingerprint density at radius 3 is 2.17 bits per heavy atom. The standard InChI is InChI=1S/C21H19NOS/c1-2-24-20-11-7-6-10-19(20)22-21(23)18-14-12-17(13-15-18)16-8-4-3-5-9-16/h3-15H,2H2,1H3,(H,22,23). The average Bonchev–Trinajstić information content (AvgIpc) is 2.64. The molecule has 0 fully saturated rings. The molecule has 0 bridgehead atoms. The van der Waals surface area contributed by atoms with E-state index in [0.29, 0.717) is 5.56 Å². The fourth-order valence-electron chi connectivity index (χ4n) is 2.49.